The summed E-state index contributed by atoms with van der Waals surface area (Å²) in [5, 5.41) is 2.16. The molecular weight excluding hydrogens is 196 g/mol. The molecule has 0 bridgehead atoms. The van der Waals surface area contributed by atoms with Crippen molar-refractivity contribution in [2.45, 2.75) is 0 Å². The van der Waals surface area contributed by atoms with E-state index in [1.165, 1.54) is 11.4 Å². The third-order valence-corrected chi connectivity index (χ3v) is 2.93. The Bertz CT molecular complexity index is 445. The standard InChI is InChI=1S/C14H14N2/c1-2-8-13(9-3-1)16-11-10-14(15-16)12-6-4-5-7-12/h1-10,12,15H,11H2. The highest BCUT2D eigenvalue weighted by atomic mass is 15.5. The Morgan fingerprint density at radius 1 is 1.06 bits per heavy atom. The molecule has 16 heavy (non-hydrogen) atoms. The highest BCUT2D eigenvalue weighted by Crippen LogP contribution is 2.23. The fourth-order valence-corrected chi connectivity index (χ4v) is 2.06. The van der Waals surface area contributed by atoms with Gasteiger partial charge in [0, 0.05) is 11.6 Å². The van der Waals surface area contributed by atoms with Gasteiger partial charge in [0.1, 0.15) is 0 Å². The van der Waals surface area contributed by atoms with Crippen LogP contribution >= 0.6 is 0 Å². The maximum atomic E-state index is 3.44. The van der Waals surface area contributed by atoms with Gasteiger partial charge in [0.2, 0.25) is 0 Å². The van der Waals surface area contributed by atoms with Crippen LogP contribution in [0.15, 0.2) is 66.4 Å². The number of hydrogen-bond donors (Lipinski definition) is 1. The first-order valence-electron chi connectivity index (χ1n) is 5.58. The van der Waals surface area contributed by atoms with Crippen LogP contribution in [0, 0.1) is 5.92 Å². The quantitative estimate of drug-likeness (QED) is 0.807. The molecule has 0 aromatic heterocycles. The Labute approximate surface area is 95.6 Å². The molecule has 1 aromatic rings. The Hall–Kier alpha value is -1.96. The lowest BCUT2D eigenvalue weighted by atomic mass is 10.1. The summed E-state index contributed by atoms with van der Waals surface area (Å²) in [5.41, 5.74) is 5.92. The fraction of sp³-hybridized carbons (Fsp3) is 0.143. The van der Waals surface area contributed by atoms with Gasteiger partial charge in [0.05, 0.1) is 12.2 Å². The Balaban J connectivity index is 1.72. The van der Waals surface area contributed by atoms with Crippen LogP contribution in [-0.4, -0.2) is 6.54 Å². The van der Waals surface area contributed by atoms with E-state index in [0.29, 0.717) is 5.92 Å². The number of para-hydroxylation sites is 1. The first kappa shape index (κ1) is 9.28. The van der Waals surface area contributed by atoms with Crippen LogP contribution in [0.1, 0.15) is 0 Å². The molecule has 0 radical (unpaired) electrons. The molecule has 0 saturated carbocycles. The maximum absolute atomic E-state index is 3.44. The molecule has 0 spiro atoms. The number of hydrazine groups is 1. The minimum absolute atomic E-state index is 0.425. The van der Waals surface area contributed by atoms with Gasteiger partial charge in [0.25, 0.3) is 0 Å². The SMILES string of the molecule is C1=CC(C2=CCN(c3ccccc3)N2)C=C1. The van der Waals surface area contributed by atoms with Crippen molar-refractivity contribution in [2.75, 3.05) is 11.6 Å². The smallest absolute Gasteiger partial charge is 0.0595 e. The molecule has 0 amide bonds. The molecule has 2 nitrogen and oxygen atoms in total. The van der Waals surface area contributed by atoms with Crippen LogP contribution in [0.3, 0.4) is 0 Å². The summed E-state index contributed by atoms with van der Waals surface area (Å²) in [6.45, 7) is 0.928. The van der Waals surface area contributed by atoms with Crippen molar-refractivity contribution >= 4 is 5.69 Å². The van der Waals surface area contributed by atoms with Gasteiger partial charge in [-0.25, -0.2) is 0 Å². The second kappa shape index (κ2) is 3.89. The van der Waals surface area contributed by atoms with Crippen molar-refractivity contribution in [3.8, 4) is 0 Å². The molecule has 1 N–H and O–H groups in total. The highest BCUT2D eigenvalue weighted by Gasteiger charge is 2.18. The third-order valence-electron chi connectivity index (χ3n) is 2.93. The van der Waals surface area contributed by atoms with E-state index in [0.717, 1.165) is 6.54 Å². The summed E-state index contributed by atoms with van der Waals surface area (Å²) in [7, 11) is 0. The molecule has 0 unspecified atom stereocenters. The number of benzene rings is 1. The van der Waals surface area contributed by atoms with Gasteiger partial charge >= 0.3 is 0 Å². The summed E-state index contributed by atoms with van der Waals surface area (Å²) in [6.07, 6.45) is 10.8. The summed E-state index contributed by atoms with van der Waals surface area (Å²) in [4.78, 5) is 0. The molecule has 2 aliphatic rings. The largest absolute Gasteiger partial charge is 0.302 e. The van der Waals surface area contributed by atoms with Crippen molar-refractivity contribution in [3.63, 3.8) is 0 Å². The normalized spacial score (nSPS) is 19.0. The predicted molar refractivity (Wildman–Crippen MR) is 66.8 cm³/mol. The van der Waals surface area contributed by atoms with E-state index in [1.807, 2.05) is 6.07 Å². The van der Waals surface area contributed by atoms with Gasteiger partial charge in [-0.1, -0.05) is 42.5 Å². The van der Waals surface area contributed by atoms with E-state index in [-0.39, 0.29) is 0 Å². The monoisotopic (exact) mass is 210 g/mol. The van der Waals surface area contributed by atoms with Crippen LogP contribution in [0.5, 0.6) is 0 Å². The van der Waals surface area contributed by atoms with E-state index >= 15 is 0 Å². The zero-order valence-corrected chi connectivity index (χ0v) is 9.01. The molecule has 0 fully saturated rings. The molecule has 3 rings (SSSR count). The van der Waals surface area contributed by atoms with Crippen LogP contribution in [-0.2, 0) is 0 Å². The first-order chi connectivity index (χ1) is 7.93. The van der Waals surface area contributed by atoms with Crippen molar-refractivity contribution in [1.29, 1.82) is 0 Å². The van der Waals surface area contributed by atoms with Crippen LogP contribution in [0.25, 0.3) is 0 Å². The molecule has 0 atom stereocenters. The number of nitrogens with one attached hydrogen (secondary N) is 1. The Kier molecular flexibility index (Phi) is 2.26. The number of hydrogen-bond acceptors (Lipinski definition) is 2. The van der Waals surface area contributed by atoms with E-state index < -0.39 is 0 Å². The summed E-state index contributed by atoms with van der Waals surface area (Å²) >= 11 is 0. The average molecular weight is 210 g/mol. The van der Waals surface area contributed by atoms with Gasteiger partial charge in [-0.2, -0.15) is 0 Å². The zero-order valence-electron chi connectivity index (χ0n) is 9.01. The molecular formula is C14H14N2. The molecule has 1 aliphatic carbocycles. The lowest BCUT2D eigenvalue weighted by molar-refractivity contribution is 0.750. The van der Waals surface area contributed by atoms with Gasteiger partial charge < -0.3 is 5.43 Å². The molecule has 1 heterocycles. The van der Waals surface area contributed by atoms with E-state index in [2.05, 4.69) is 65.1 Å². The molecule has 1 aliphatic heterocycles. The molecule has 80 valence electrons. The minimum Gasteiger partial charge on any atom is -0.302 e. The molecule has 2 heteroatoms. The minimum atomic E-state index is 0.425. The number of anilines is 1. The zero-order chi connectivity index (χ0) is 10.8. The van der Waals surface area contributed by atoms with E-state index in [4.69, 9.17) is 0 Å². The van der Waals surface area contributed by atoms with Gasteiger partial charge in [0.15, 0.2) is 0 Å². The van der Waals surface area contributed by atoms with Crippen molar-refractivity contribution < 1.29 is 0 Å². The molecule has 0 saturated heterocycles. The van der Waals surface area contributed by atoms with Crippen molar-refractivity contribution in [3.05, 3.63) is 66.4 Å². The van der Waals surface area contributed by atoms with E-state index in [9.17, 15) is 0 Å². The summed E-state index contributed by atoms with van der Waals surface area (Å²) < 4.78 is 0. The number of allylic oxidation sites excluding steroid dienone is 3. The van der Waals surface area contributed by atoms with Crippen molar-refractivity contribution in [1.82, 2.24) is 5.43 Å². The van der Waals surface area contributed by atoms with E-state index in [1.54, 1.807) is 0 Å². The van der Waals surface area contributed by atoms with Gasteiger partial charge in [-0.3, -0.25) is 5.01 Å². The van der Waals surface area contributed by atoms with Crippen molar-refractivity contribution in [2.24, 2.45) is 5.92 Å². The average Bonchev–Trinajstić information content (AvgIpc) is 3.01. The lowest BCUT2D eigenvalue weighted by Gasteiger charge is -2.21. The maximum Gasteiger partial charge on any atom is 0.0595 e. The van der Waals surface area contributed by atoms with Crippen LogP contribution < -0.4 is 10.4 Å². The predicted octanol–water partition coefficient (Wildman–Crippen LogP) is 2.64. The topological polar surface area (TPSA) is 15.3 Å². The first-order valence-corrected chi connectivity index (χ1v) is 5.58. The molecule has 1 aromatic carbocycles. The summed E-state index contributed by atoms with van der Waals surface area (Å²) in [6, 6.07) is 10.4. The Morgan fingerprint density at radius 3 is 2.56 bits per heavy atom. The van der Waals surface area contributed by atoms with Crippen LogP contribution in [0.2, 0.25) is 0 Å². The summed E-state index contributed by atoms with van der Waals surface area (Å²) in [5.74, 6) is 0.425. The number of rotatable bonds is 2. The fourth-order valence-electron chi connectivity index (χ4n) is 2.06. The van der Waals surface area contributed by atoms with Crippen LogP contribution in [0.4, 0.5) is 5.69 Å². The number of nitrogens with zero attached hydrogens (tertiary/aromatic N) is 1. The lowest BCUT2D eigenvalue weighted by Crippen LogP contribution is -2.33. The highest BCUT2D eigenvalue weighted by molar-refractivity contribution is 5.49. The van der Waals surface area contributed by atoms with Gasteiger partial charge in [-0.05, 0) is 18.2 Å². The van der Waals surface area contributed by atoms with Gasteiger partial charge in [-0.15, -0.1) is 0 Å². The Morgan fingerprint density at radius 2 is 1.81 bits per heavy atom. The third kappa shape index (κ3) is 1.63. The second-order valence-corrected chi connectivity index (χ2v) is 4.01. The second-order valence-electron chi connectivity index (χ2n) is 4.01.